The molecule has 0 spiro atoms. The third-order valence-electron chi connectivity index (χ3n) is 2.83. The topological polar surface area (TPSA) is 27.7 Å². The fourth-order valence-corrected chi connectivity index (χ4v) is 2.08. The van der Waals surface area contributed by atoms with Crippen LogP contribution in [0, 0.1) is 5.92 Å². The van der Waals surface area contributed by atoms with Crippen LogP contribution in [0.1, 0.15) is 54.9 Å². The smallest absolute Gasteiger partial charge is 0.107 e. The zero-order chi connectivity index (χ0) is 14.0. The highest BCUT2D eigenvalue weighted by Gasteiger charge is 2.34. The van der Waals surface area contributed by atoms with Crippen molar-refractivity contribution in [3.05, 3.63) is 0 Å². The largest absolute Gasteiger partial charge is 0.373 e. The summed E-state index contributed by atoms with van der Waals surface area (Å²) >= 11 is 0. The summed E-state index contributed by atoms with van der Waals surface area (Å²) in [4.78, 5) is 0. The number of hydrogen-bond donors (Lipinski definition) is 0. The fraction of sp³-hybridized carbons (Fsp3) is 1.00. The Balaban J connectivity index is 2.56. The molecule has 0 saturated carbocycles. The van der Waals surface area contributed by atoms with Crippen molar-refractivity contribution in [2.24, 2.45) is 5.92 Å². The van der Waals surface area contributed by atoms with Crippen LogP contribution in [0.2, 0.25) is 0 Å². The van der Waals surface area contributed by atoms with Crippen molar-refractivity contribution in [3.8, 4) is 0 Å². The number of ether oxygens (including phenoxy) is 3. The van der Waals surface area contributed by atoms with Crippen LogP contribution >= 0.6 is 0 Å². The zero-order valence-corrected chi connectivity index (χ0v) is 13.1. The maximum Gasteiger partial charge on any atom is 0.107 e. The molecule has 3 heteroatoms. The van der Waals surface area contributed by atoms with E-state index in [9.17, 15) is 0 Å². The number of rotatable bonds is 3. The Bertz CT molecular complexity index is 249. The molecule has 0 aromatic rings. The van der Waals surface area contributed by atoms with E-state index in [1.54, 1.807) is 0 Å². The Morgan fingerprint density at radius 3 is 2.17 bits per heavy atom. The Labute approximate surface area is 112 Å². The molecule has 0 unspecified atom stereocenters. The lowest BCUT2D eigenvalue weighted by Crippen LogP contribution is -2.46. The second kappa shape index (κ2) is 5.89. The van der Waals surface area contributed by atoms with Crippen LogP contribution in [0.25, 0.3) is 0 Å². The van der Waals surface area contributed by atoms with Gasteiger partial charge in [-0.25, -0.2) is 0 Å². The predicted molar refractivity (Wildman–Crippen MR) is 73.9 cm³/mol. The Hall–Kier alpha value is -0.120. The van der Waals surface area contributed by atoms with E-state index in [0.29, 0.717) is 12.5 Å². The van der Waals surface area contributed by atoms with Crippen LogP contribution in [-0.2, 0) is 14.2 Å². The minimum Gasteiger partial charge on any atom is -0.373 e. The summed E-state index contributed by atoms with van der Waals surface area (Å²) in [5.41, 5.74) is -0.260. The van der Waals surface area contributed by atoms with Crippen LogP contribution < -0.4 is 0 Å². The van der Waals surface area contributed by atoms with E-state index >= 15 is 0 Å². The van der Waals surface area contributed by atoms with E-state index in [2.05, 4.69) is 48.5 Å². The van der Waals surface area contributed by atoms with Gasteiger partial charge in [0.15, 0.2) is 0 Å². The molecule has 0 aromatic carbocycles. The average molecular weight is 258 g/mol. The summed E-state index contributed by atoms with van der Waals surface area (Å²) in [5.74, 6) is 0.559. The second-order valence-electron chi connectivity index (χ2n) is 7.40. The standard InChI is InChI=1S/C15H30O3/c1-11-8-12(18-15(5,6)7)13(16-9-11)10-17-14(2,3)4/h11-13H,8-10H2,1-7H3/t11-,12+,13+/m0/s1. The Kier molecular flexibility index (Phi) is 5.22. The first-order chi connectivity index (χ1) is 8.07. The van der Waals surface area contributed by atoms with Gasteiger partial charge in [0, 0.05) is 6.61 Å². The zero-order valence-electron chi connectivity index (χ0n) is 13.1. The fourth-order valence-electron chi connectivity index (χ4n) is 2.08. The van der Waals surface area contributed by atoms with Gasteiger partial charge >= 0.3 is 0 Å². The minimum absolute atomic E-state index is 0.0552. The normalized spacial score (nSPS) is 30.5. The van der Waals surface area contributed by atoms with Crippen molar-refractivity contribution in [2.45, 2.75) is 78.3 Å². The Morgan fingerprint density at radius 1 is 1.06 bits per heavy atom. The van der Waals surface area contributed by atoms with Crippen LogP contribution in [-0.4, -0.2) is 36.6 Å². The molecule has 1 rings (SSSR count). The van der Waals surface area contributed by atoms with Crippen molar-refractivity contribution in [1.29, 1.82) is 0 Å². The van der Waals surface area contributed by atoms with Gasteiger partial charge in [0.2, 0.25) is 0 Å². The summed E-state index contributed by atoms with van der Waals surface area (Å²) in [6, 6.07) is 0. The van der Waals surface area contributed by atoms with Gasteiger partial charge in [0.05, 0.1) is 23.9 Å². The van der Waals surface area contributed by atoms with E-state index < -0.39 is 0 Å². The minimum atomic E-state index is -0.134. The summed E-state index contributed by atoms with van der Waals surface area (Å²) in [5, 5.41) is 0. The molecular formula is C15H30O3. The second-order valence-corrected chi connectivity index (χ2v) is 7.40. The van der Waals surface area contributed by atoms with E-state index in [0.717, 1.165) is 13.0 Å². The van der Waals surface area contributed by atoms with Gasteiger partial charge < -0.3 is 14.2 Å². The molecule has 0 amide bonds. The van der Waals surface area contributed by atoms with E-state index in [4.69, 9.17) is 14.2 Å². The van der Waals surface area contributed by atoms with E-state index in [-0.39, 0.29) is 23.4 Å². The third-order valence-corrected chi connectivity index (χ3v) is 2.83. The molecule has 3 nitrogen and oxygen atoms in total. The molecular weight excluding hydrogens is 228 g/mol. The monoisotopic (exact) mass is 258 g/mol. The third kappa shape index (κ3) is 6.17. The van der Waals surface area contributed by atoms with Gasteiger partial charge in [0.25, 0.3) is 0 Å². The molecule has 0 radical (unpaired) electrons. The lowest BCUT2D eigenvalue weighted by Gasteiger charge is -2.39. The summed E-state index contributed by atoms with van der Waals surface area (Å²) in [6.45, 7) is 16.1. The van der Waals surface area contributed by atoms with Gasteiger partial charge in [-0.3, -0.25) is 0 Å². The van der Waals surface area contributed by atoms with E-state index in [1.807, 2.05) is 0 Å². The van der Waals surface area contributed by atoms with Crippen molar-refractivity contribution in [2.75, 3.05) is 13.2 Å². The quantitative estimate of drug-likeness (QED) is 0.776. The molecule has 3 atom stereocenters. The lowest BCUT2D eigenvalue weighted by molar-refractivity contribution is -0.190. The molecule has 1 fully saturated rings. The van der Waals surface area contributed by atoms with Gasteiger partial charge in [0.1, 0.15) is 6.10 Å². The highest BCUT2D eigenvalue weighted by molar-refractivity contribution is 4.81. The lowest BCUT2D eigenvalue weighted by atomic mass is 9.96. The van der Waals surface area contributed by atoms with Gasteiger partial charge in [-0.05, 0) is 53.9 Å². The highest BCUT2D eigenvalue weighted by Crippen LogP contribution is 2.27. The molecule has 0 bridgehead atoms. The molecule has 1 aliphatic heterocycles. The predicted octanol–water partition coefficient (Wildman–Crippen LogP) is 3.41. The Morgan fingerprint density at radius 2 is 1.67 bits per heavy atom. The van der Waals surface area contributed by atoms with E-state index in [1.165, 1.54) is 0 Å². The maximum atomic E-state index is 6.12. The average Bonchev–Trinajstić information content (AvgIpc) is 2.12. The molecule has 18 heavy (non-hydrogen) atoms. The van der Waals surface area contributed by atoms with Crippen LogP contribution in [0.15, 0.2) is 0 Å². The summed E-state index contributed by atoms with van der Waals surface area (Å²) in [7, 11) is 0. The van der Waals surface area contributed by atoms with Crippen LogP contribution in [0.5, 0.6) is 0 Å². The highest BCUT2D eigenvalue weighted by atomic mass is 16.6. The molecule has 0 aromatic heterocycles. The molecule has 1 heterocycles. The molecule has 1 aliphatic rings. The van der Waals surface area contributed by atoms with Crippen molar-refractivity contribution >= 4 is 0 Å². The van der Waals surface area contributed by atoms with Gasteiger partial charge in [-0.2, -0.15) is 0 Å². The number of hydrogen-bond acceptors (Lipinski definition) is 3. The maximum absolute atomic E-state index is 6.12. The molecule has 0 aliphatic carbocycles. The molecule has 0 N–H and O–H groups in total. The van der Waals surface area contributed by atoms with Gasteiger partial charge in [-0.15, -0.1) is 0 Å². The van der Waals surface area contributed by atoms with Crippen molar-refractivity contribution < 1.29 is 14.2 Å². The first-order valence-corrected chi connectivity index (χ1v) is 7.00. The summed E-state index contributed by atoms with van der Waals surface area (Å²) < 4.78 is 17.9. The SMILES string of the molecule is C[C@@H]1CO[C@H](COC(C)(C)C)[C@H](OC(C)(C)C)C1. The van der Waals surface area contributed by atoms with Crippen LogP contribution in [0.4, 0.5) is 0 Å². The first-order valence-electron chi connectivity index (χ1n) is 7.00. The van der Waals surface area contributed by atoms with Crippen molar-refractivity contribution in [3.63, 3.8) is 0 Å². The molecule has 108 valence electrons. The van der Waals surface area contributed by atoms with Gasteiger partial charge in [-0.1, -0.05) is 6.92 Å². The summed E-state index contributed by atoms with van der Waals surface area (Å²) in [6.07, 6.45) is 1.24. The first kappa shape index (κ1) is 15.9. The molecule has 1 saturated heterocycles. The van der Waals surface area contributed by atoms with Crippen molar-refractivity contribution in [1.82, 2.24) is 0 Å². The van der Waals surface area contributed by atoms with Crippen LogP contribution in [0.3, 0.4) is 0 Å².